The van der Waals surface area contributed by atoms with Gasteiger partial charge in [0, 0.05) is 31.5 Å². The van der Waals surface area contributed by atoms with E-state index in [4.69, 9.17) is 0 Å². The van der Waals surface area contributed by atoms with Crippen molar-refractivity contribution in [2.24, 2.45) is 5.92 Å². The molecule has 0 aliphatic carbocycles. The van der Waals surface area contributed by atoms with Gasteiger partial charge in [-0.2, -0.15) is 0 Å². The van der Waals surface area contributed by atoms with Crippen LogP contribution in [-0.2, 0) is 13.1 Å². The Hall–Kier alpha value is -2.60. The van der Waals surface area contributed by atoms with E-state index in [9.17, 15) is 9.18 Å². The highest BCUT2D eigenvalue weighted by molar-refractivity contribution is 5.77. The molecule has 0 unspecified atom stereocenters. The number of hydrogen-bond acceptors (Lipinski definition) is 4. The van der Waals surface area contributed by atoms with Crippen LogP contribution in [0, 0.1) is 18.7 Å². The van der Waals surface area contributed by atoms with Crippen LogP contribution in [0.3, 0.4) is 0 Å². The zero-order chi connectivity index (χ0) is 18.8. The molecular formula is C21H23FN4O. The highest BCUT2D eigenvalue weighted by Gasteiger charge is 2.21. The van der Waals surface area contributed by atoms with E-state index < -0.39 is 0 Å². The Labute approximate surface area is 157 Å². The summed E-state index contributed by atoms with van der Waals surface area (Å²) in [6, 6.07) is 8.25. The molecule has 0 bridgehead atoms. The summed E-state index contributed by atoms with van der Waals surface area (Å²) >= 11 is 0. The van der Waals surface area contributed by atoms with Crippen LogP contribution in [0.5, 0.6) is 0 Å². The van der Waals surface area contributed by atoms with E-state index in [1.165, 1.54) is 23.8 Å². The number of hydrogen-bond donors (Lipinski definition) is 0. The first kappa shape index (κ1) is 17.8. The van der Waals surface area contributed by atoms with E-state index in [2.05, 4.69) is 20.9 Å². The Morgan fingerprint density at radius 1 is 1.22 bits per heavy atom. The molecule has 0 saturated carbocycles. The van der Waals surface area contributed by atoms with Crippen LogP contribution >= 0.6 is 0 Å². The highest BCUT2D eigenvalue weighted by atomic mass is 19.1. The molecular weight excluding hydrogens is 343 g/mol. The molecule has 0 N–H and O–H groups in total. The lowest BCUT2D eigenvalue weighted by Gasteiger charge is -2.32. The number of aryl methyl sites for hydroxylation is 1. The Kier molecular flexibility index (Phi) is 4.99. The SMILES string of the molecule is Cc1nc2cc(F)ccc2c(=O)n1CC1CCN(Cc2cccnc2)CC1. The minimum absolute atomic E-state index is 0.0738. The Morgan fingerprint density at radius 3 is 2.78 bits per heavy atom. The molecule has 6 heteroatoms. The van der Waals surface area contributed by atoms with Crippen LogP contribution in [0.15, 0.2) is 47.5 Å². The summed E-state index contributed by atoms with van der Waals surface area (Å²) in [5.41, 5.74) is 1.59. The minimum Gasteiger partial charge on any atom is -0.299 e. The predicted molar refractivity (Wildman–Crippen MR) is 103 cm³/mol. The van der Waals surface area contributed by atoms with Crippen LogP contribution in [0.25, 0.3) is 10.9 Å². The third-order valence-corrected chi connectivity index (χ3v) is 5.39. The van der Waals surface area contributed by atoms with Gasteiger partial charge in [-0.15, -0.1) is 0 Å². The van der Waals surface area contributed by atoms with Gasteiger partial charge < -0.3 is 0 Å². The fourth-order valence-electron chi connectivity index (χ4n) is 3.86. The van der Waals surface area contributed by atoms with E-state index in [-0.39, 0.29) is 11.4 Å². The molecule has 5 nitrogen and oxygen atoms in total. The Bertz CT molecular complexity index is 994. The van der Waals surface area contributed by atoms with Crippen molar-refractivity contribution < 1.29 is 4.39 Å². The average Bonchev–Trinajstić information content (AvgIpc) is 2.67. The molecule has 1 fully saturated rings. The summed E-state index contributed by atoms with van der Waals surface area (Å²) in [7, 11) is 0. The van der Waals surface area contributed by atoms with Gasteiger partial charge in [-0.3, -0.25) is 19.2 Å². The van der Waals surface area contributed by atoms with Crippen molar-refractivity contribution in [3.8, 4) is 0 Å². The fraction of sp³-hybridized carbons (Fsp3) is 0.381. The van der Waals surface area contributed by atoms with Gasteiger partial charge in [-0.25, -0.2) is 9.37 Å². The first-order valence-corrected chi connectivity index (χ1v) is 9.38. The number of aromatic nitrogens is 3. The van der Waals surface area contributed by atoms with E-state index in [1.54, 1.807) is 10.8 Å². The van der Waals surface area contributed by atoms with Crippen molar-refractivity contribution >= 4 is 10.9 Å². The van der Waals surface area contributed by atoms with Gasteiger partial charge in [0.05, 0.1) is 10.9 Å². The zero-order valence-electron chi connectivity index (χ0n) is 15.4. The lowest BCUT2D eigenvalue weighted by molar-refractivity contribution is 0.166. The number of rotatable bonds is 4. The van der Waals surface area contributed by atoms with Crippen molar-refractivity contribution in [3.63, 3.8) is 0 Å². The second kappa shape index (κ2) is 7.56. The molecule has 1 aromatic carbocycles. The maximum absolute atomic E-state index is 13.4. The first-order valence-electron chi connectivity index (χ1n) is 9.38. The van der Waals surface area contributed by atoms with Crippen molar-refractivity contribution in [2.45, 2.75) is 32.9 Å². The summed E-state index contributed by atoms with van der Waals surface area (Å²) in [4.78, 5) is 23.9. The lowest BCUT2D eigenvalue weighted by atomic mass is 9.96. The van der Waals surface area contributed by atoms with E-state index in [1.807, 2.05) is 19.2 Å². The van der Waals surface area contributed by atoms with Crippen LogP contribution < -0.4 is 5.56 Å². The molecule has 0 amide bonds. The number of fused-ring (bicyclic) bond motifs is 1. The standard InChI is InChI=1S/C21H23FN4O/c1-15-24-20-11-18(22)4-5-19(20)21(27)26(15)14-16-6-9-25(10-7-16)13-17-3-2-8-23-12-17/h2-5,8,11-12,16H,6-7,9-10,13-14H2,1H3. The van der Waals surface area contributed by atoms with Gasteiger partial charge in [-0.05, 0) is 62.5 Å². The van der Waals surface area contributed by atoms with E-state index in [0.29, 0.717) is 29.2 Å². The van der Waals surface area contributed by atoms with Crippen LogP contribution in [0.2, 0.25) is 0 Å². The molecule has 140 valence electrons. The fourth-order valence-corrected chi connectivity index (χ4v) is 3.86. The number of nitrogens with zero attached hydrogens (tertiary/aromatic N) is 4. The molecule has 27 heavy (non-hydrogen) atoms. The Balaban J connectivity index is 1.45. The van der Waals surface area contributed by atoms with Crippen molar-refractivity contribution in [2.75, 3.05) is 13.1 Å². The molecule has 4 rings (SSSR count). The van der Waals surface area contributed by atoms with Crippen molar-refractivity contribution in [1.29, 1.82) is 0 Å². The topological polar surface area (TPSA) is 51.0 Å². The van der Waals surface area contributed by atoms with Gasteiger partial charge in [0.1, 0.15) is 11.6 Å². The normalized spacial score (nSPS) is 16.1. The van der Waals surface area contributed by atoms with Gasteiger partial charge in [0.25, 0.3) is 5.56 Å². The summed E-state index contributed by atoms with van der Waals surface area (Å²) in [5.74, 6) is 0.731. The number of halogens is 1. The molecule has 3 heterocycles. The highest BCUT2D eigenvalue weighted by Crippen LogP contribution is 2.21. The third kappa shape index (κ3) is 3.90. The lowest BCUT2D eigenvalue weighted by Crippen LogP contribution is -2.36. The van der Waals surface area contributed by atoms with Crippen LogP contribution in [0.1, 0.15) is 24.2 Å². The molecule has 1 aliphatic rings. The smallest absolute Gasteiger partial charge is 0.261 e. The first-order chi connectivity index (χ1) is 13.1. The largest absolute Gasteiger partial charge is 0.299 e. The molecule has 2 aromatic heterocycles. The minimum atomic E-state index is -0.368. The molecule has 3 aromatic rings. The quantitative estimate of drug-likeness (QED) is 0.712. The molecule has 0 spiro atoms. The number of pyridine rings is 1. The molecule has 0 atom stereocenters. The number of benzene rings is 1. The average molecular weight is 366 g/mol. The summed E-state index contributed by atoms with van der Waals surface area (Å²) in [6.07, 6.45) is 5.81. The summed E-state index contributed by atoms with van der Waals surface area (Å²) in [5, 5.41) is 0.482. The van der Waals surface area contributed by atoms with E-state index >= 15 is 0 Å². The second-order valence-corrected chi connectivity index (χ2v) is 7.32. The van der Waals surface area contributed by atoms with Crippen LogP contribution in [-0.4, -0.2) is 32.5 Å². The van der Waals surface area contributed by atoms with Gasteiger partial charge in [-0.1, -0.05) is 6.07 Å². The molecule has 0 radical (unpaired) electrons. The summed E-state index contributed by atoms with van der Waals surface area (Å²) < 4.78 is 15.2. The zero-order valence-corrected chi connectivity index (χ0v) is 15.4. The second-order valence-electron chi connectivity index (χ2n) is 7.32. The third-order valence-electron chi connectivity index (χ3n) is 5.39. The van der Waals surface area contributed by atoms with Gasteiger partial charge in [0.15, 0.2) is 0 Å². The summed E-state index contributed by atoms with van der Waals surface area (Å²) in [6.45, 7) is 5.44. The van der Waals surface area contributed by atoms with Gasteiger partial charge >= 0.3 is 0 Å². The Morgan fingerprint density at radius 2 is 2.04 bits per heavy atom. The number of piperidine rings is 1. The van der Waals surface area contributed by atoms with E-state index in [0.717, 1.165) is 32.5 Å². The number of likely N-dealkylation sites (tertiary alicyclic amines) is 1. The van der Waals surface area contributed by atoms with Gasteiger partial charge in [0.2, 0.25) is 0 Å². The maximum Gasteiger partial charge on any atom is 0.261 e. The van der Waals surface area contributed by atoms with Crippen molar-refractivity contribution in [1.82, 2.24) is 19.4 Å². The monoisotopic (exact) mass is 366 g/mol. The molecule has 1 saturated heterocycles. The van der Waals surface area contributed by atoms with Crippen LogP contribution in [0.4, 0.5) is 4.39 Å². The molecule has 1 aliphatic heterocycles. The maximum atomic E-state index is 13.4. The van der Waals surface area contributed by atoms with Crippen molar-refractivity contribution in [3.05, 3.63) is 70.3 Å². The predicted octanol–water partition coefficient (Wildman–Crippen LogP) is 3.15.